The predicted octanol–water partition coefficient (Wildman–Crippen LogP) is 6.17. The fourth-order valence-electron chi connectivity index (χ4n) is 2.66. The maximum atomic E-state index is 6.42. The Morgan fingerprint density at radius 3 is 2.23 bits per heavy atom. The van der Waals surface area contributed by atoms with Gasteiger partial charge in [0.1, 0.15) is 0 Å². The highest BCUT2D eigenvalue weighted by molar-refractivity contribution is 6.71. The molecule has 0 radical (unpaired) electrons. The quantitative estimate of drug-likeness (QED) is 0.373. The zero-order valence-electron chi connectivity index (χ0n) is 14.4. The minimum atomic E-state index is 0.312. The van der Waals surface area contributed by atoms with Gasteiger partial charge in [0, 0.05) is 11.1 Å². The minimum Gasteiger partial charge on any atom is -0.136 e. The Morgan fingerprint density at radius 2 is 1.46 bits per heavy atom. The molecule has 0 bridgehead atoms. The van der Waals surface area contributed by atoms with Crippen LogP contribution in [-0.4, -0.2) is 10.3 Å². The first-order valence-electron chi connectivity index (χ1n) is 8.29. The molecule has 0 saturated carbocycles. The SMILES string of the molecule is Cc1cccc(C(Cl)=NN=C(Cl)c2ccccc2Cc2ccccc2)c1. The summed E-state index contributed by atoms with van der Waals surface area (Å²) < 4.78 is 0. The van der Waals surface area contributed by atoms with Crippen molar-refractivity contribution in [1.82, 2.24) is 0 Å². The largest absolute Gasteiger partial charge is 0.159 e. The highest BCUT2D eigenvalue weighted by Gasteiger charge is 2.08. The fourth-order valence-corrected chi connectivity index (χ4v) is 3.04. The third kappa shape index (κ3) is 4.81. The summed E-state index contributed by atoms with van der Waals surface area (Å²) >= 11 is 12.7. The van der Waals surface area contributed by atoms with Crippen molar-refractivity contribution in [3.63, 3.8) is 0 Å². The van der Waals surface area contributed by atoms with Gasteiger partial charge in [-0.15, -0.1) is 10.2 Å². The van der Waals surface area contributed by atoms with Crippen LogP contribution in [0.2, 0.25) is 0 Å². The topological polar surface area (TPSA) is 24.7 Å². The third-order valence-electron chi connectivity index (χ3n) is 3.96. The highest BCUT2D eigenvalue weighted by atomic mass is 35.5. The molecule has 3 aromatic carbocycles. The van der Waals surface area contributed by atoms with Crippen LogP contribution >= 0.6 is 23.2 Å². The van der Waals surface area contributed by atoms with Crippen LogP contribution in [0.5, 0.6) is 0 Å². The fraction of sp³-hybridized carbons (Fsp3) is 0.0909. The van der Waals surface area contributed by atoms with Crippen LogP contribution in [0.25, 0.3) is 0 Å². The van der Waals surface area contributed by atoms with Gasteiger partial charge in [0.15, 0.2) is 10.3 Å². The molecule has 0 saturated heterocycles. The average Bonchev–Trinajstić information content (AvgIpc) is 2.67. The van der Waals surface area contributed by atoms with Gasteiger partial charge in [-0.2, -0.15) is 0 Å². The van der Waals surface area contributed by atoms with E-state index in [0.717, 1.165) is 28.7 Å². The van der Waals surface area contributed by atoms with E-state index < -0.39 is 0 Å². The molecule has 0 atom stereocenters. The summed E-state index contributed by atoms with van der Waals surface area (Å²) in [6, 6.07) is 26.0. The molecule has 0 spiro atoms. The second kappa shape index (κ2) is 8.79. The van der Waals surface area contributed by atoms with Crippen LogP contribution in [-0.2, 0) is 6.42 Å². The lowest BCUT2D eigenvalue weighted by molar-refractivity contribution is 1.18. The van der Waals surface area contributed by atoms with Crippen LogP contribution in [0.15, 0.2) is 89.1 Å². The summed E-state index contributed by atoms with van der Waals surface area (Å²) in [6.07, 6.45) is 0.776. The molecule has 3 aromatic rings. The Bertz CT molecular complexity index is 947. The van der Waals surface area contributed by atoms with Gasteiger partial charge in [-0.1, -0.05) is 102 Å². The summed E-state index contributed by atoms with van der Waals surface area (Å²) in [5.41, 5.74) is 5.09. The van der Waals surface area contributed by atoms with Gasteiger partial charge < -0.3 is 0 Å². The highest BCUT2D eigenvalue weighted by Crippen LogP contribution is 2.18. The Kier molecular flexibility index (Phi) is 6.21. The summed E-state index contributed by atoms with van der Waals surface area (Å²) in [5, 5.41) is 8.87. The van der Waals surface area contributed by atoms with E-state index in [1.54, 1.807) is 0 Å². The molecular weight excluding hydrogens is 363 g/mol. The monoisotopic (exact) mass is 380 g/mol. The maximum absolute atomic E-state index is 6.42. The van der Waals surface area contributed by atoms with Gasteiger partial charge in [-0.25, -0.2) is 0 Å². The third-order valence-corrected chi connectivity index (χ3v) is 4.53. The molecule has 0 aliphatic carbocycles. The molecule has 0 aliphatic heterocycles. The van der Waals surface area contributed by atoms with E-state index in [9.17, 15) is 0 Å². The van der Waals surface area contributed by atoms with Crippen LogP contribution < -0.4 is 0 Å². The van der Waals surface area contributed by atoms with Crippen LogP contribution in [0.4, 0.5) is 0 Å². The van der Waals surface area contributed by atoms with E-state index in [1.165, 1.54) is 5.56 Å². The van der Waals surface area contributed by atoms with Crippen molar-refractivity contribution in [2.45, 2.75) is 13.3 Å². The number of rotatable bonds is 5. The van der Waals surface area contributed by atoms with E-state index in [2.05, 4.69) is 22.3 Å². The van der Waals surface area contributed by atoms with Gasteiger partial charge in [-0.3, -0.25) is 0 Å². The van der Waals surface area contributed by atoms with Gasteiger partial charge in [0.05, 0.1) is 0 Å². The Labute approximate surface area is 163 Å². The number of benzene rings is 3. The molecule has 3 rings (SSSR count). The van der Waals surface area contributed by atoms with Crippen LogP contribution in [0.1, 0.15) is 27.8 Å². The van der Waals surface area contributed by atoms with Crippen molar-refractivity contribution in [1.29, 1.82) is 0 Å². The Morgan fingerprint density at radius 1 is 0.769 bits per heavy atom. The van der Waals surface area contributed by atoms with Crippen molar-refractivity contribution in [3.8, 4) is 0 Å². The van der Waals surface area contributed by atoms with E-state index in [0.29, 0.717) is 10.3 Å². The molecule has 0 amide bonds. The van der Waals surface area contributed by atoms with E-state index in [4.69, 9.17) is 23.2 Å². The molecule has 130 valence electrons. The van der Waals surface area contributed by atoms with Crippen molar-refractivity contribution in [3.05, 3.63) is 107 Å². The molecule has 0 fully saturated rings. The Balaban J connectivity index is 1.86. The molecular formula is C22H18Cl2N2. The average molecular weight is 381 g/mol. The second-order valence-corrected chi connectivity index (χ2v) is 6.69. The van der Waals surface area contributed by atoms with Gasteiger partial charge in [0.25, 0.3) is 0 Å². The van der Waals surface area contributed by atoms with E-state index in [1.807, 2.05) is 73.7 Å². The summed E-state index contributed by atoms with van der Waals surface area (Å²) in [4.78, 5) is 0. The molecule has 26 heavy (non-hydrogen) atoms. The smallest absolute Gasteiger partial charge is 0.136 e. The lowest BCUT2D eigenvalue weighted by atomic mass is 10.0. The van der Waals surface area contributed by atoms with Gasteiger partial charge in [0.2, 0.25) is 0 Å². The minimum absolute atomic E-state index is 0.312. The van der Waals surface area contributed by atoms with Gasteiger partial charge in [-0.05, 0) is 30.5 Å². The molecule has 4 heteroatoms. The summed E-state index contributed by atoms with van der Waals surface area (Å²) in [6.45, 7) is 2.00. The van der Waals surface area contributed by atoms with E-state index in [-0.39, 0.29) is 0 Å². The lowest BCUT2D eigenvalue weighted by Crippen LogP contribution is -2.00. The molecule has 2 nitrogen and oxygen atoms in total. The van der Waals surface area contributed by atoms with Gasteiger partial charge >= 0.3 is 0 Å². The predicted molar refractivity (Wildman–Crippen MR) is 112 cm³/mol. The zero-order chi connectivity index (χ0) is 18.4. The Hall–Kier alpha value is -2.42. The zero-order valence-corrected chi connectivity index (χ0v) is 15.9. The maximum Gasteiger partial charge on any atom is 0.159 e. The first kappa shape index (κ1) is 18.4. The number of aryl methyl sites for hydroxylation is 1. The first-order chi connectivity index (χ1) is 12.6. The molecule has 0 aliphatic rings. The van der Waals surface area contributed by atoms with Crippen molar-refractivity contribution < 1.29 is 0 Å². The van der Waals surface area contributed by atoms with Crippen molar-refractivity contribution >= 4 is 33.5 Å². The number of nitrogens with zero attached hydrogens (tertiary/aromatic N) is 2. The van der Waals surface area contributed by atoms with Crippen LogP contribution in [0, 0.1) is 6.92 Å². The second-order valence-electron chi connectivity index (χ2n) is 5.97. The molecule has 0 N–H and O–H groups in total. The molecule has 0 aromatic heterocycles. The number of halogens is 2. The molecule has 0 heterocycles. The normalized spacial score (nSPS) is 12.3. The van der Waals surface area contributed by atoms with E-state index >= 15 is 0 Å². The first-order valence-corrected chi connectivity index (χ1v) is 9.05. The number of hydrogen-bond donors (Lipinski definition) is 0. The summed E-state index contributed by atoms with van der Waals surface area (Å²) in [7, 11) is 0. The van der Waals surface area contributed by atoms with Crippen LogP contribution in [0.3, 0.4) is 0 Å². The van der Waals surface area contributed by atoms with Crippen molar-refractivity contribution in [2.75, 3.05) is 0 Å². The number of hydrogen-bond acceptors (Lipinski definition) is 2. The molecule has 0 unspecified atom stereocenters. The standard InChI is InChI=1S/C22H18Cl2N2/c1-16-8-7-12-19(14-16)21(23)25-26-22(24)20-13-6-5-11-18(20)15-17-9-3-2-4-10-17/h2-14H,15H2,1H3. The lowest BCUT2D eigenvalue weighted by Gasteiger charge is -2.07. The summed E-state index contributed by atoms with van der Waals surface area (Å²) in [5.74, 6) is 0. The van der Waals surface area contributed by atoms with Crippen molar-refractivity contribution in [2.24, 2.45) is 10.2 Å².